The second kappa shape index (κ2) is 3.24. The first-order chi connectivity index (χ1) is 7.00. The third-order valence-electron chi connectivity index (χ3n) is 2.20. The summed E-state index contributed by atoms with van der Waals surface area (Å²) >= 11 is 0. The number of nitrogens with zero attached hydrogens (tertiary/aromatic N) is 1. The Bertz CT molecular complexity index is 483. The number of anilines is 1. The summed E-state index contributed by atoms with van der Waals surface area (Å²) in [6, 6.07) is 5.62. The highest BCUT2D eigenvalue weighted by Gasteiger charge is 2.23. The van der Waals surface area contributed by atoms with Crippen LogP contribution < -0.4 is 5.32 Å². The lowest BCUT2D eigenvalue weighted by molar-refractivity contribution is 0.0501. The number of fused-ring (bicyclic) bond motifs is 1. The minimum Gasteiger partial charge on any atom is -0.438 e. The van der Waals surface area contributed by atoms with E-state index in [1.807, 2.05) is 25.2 Å². The van der Waals surface area contributed by atoms with E-state index in [4.69, 9.17) is 4.42 Å². The summed E-state index contributed by atoms with van der Waals surface area (Å²) in [5.74, 6) is 0.339. The number of nitrogens with one attached hydrogen (secondary N) is 1. The van der Waals surface area contributed by atoms with Crippen molar-refractivity contribution in [3.63, 3.8) is 0 Å². The van der Waals surface area contributed by atoms with Gasteiger partial charge in [-0.25, -0.2) is 4.98 Å². The predicted molar refractivity (Wildman–Crippen MR) is 58.8 cm³/mol. The standard InChI is InChI=1S/C11H14N2O2/c1-11(2,14)10-13-8-6-7(12-3)4-5-9(8)15-10/h4-6,12,14H,1-3H3. The van der Waals surface area contributed by atoms with Crippen LogP contribution in [-0.4, -0.2) is 17.1 Å². The maximum absolute atomic E-state index is 9.74. The third kappa shape index (κ3) is 1.80. The number of benzene rings is 1. The molecule has 0 atom stereocenters. The van der Waals surface area contributed by atoms with Crippen LogP contribution in [0.5, 0.6) is 0 Å². The molecule has 0 radical (unpaired) electrons. The third-order valence-corrected chi connectivity index (χ3v) is 2.20. The molecule has 0 bridgehead atoms. The van der Waals surface area contributed by atoms with Gasteiger partial charge in [-0.1, -0.05) is 0 Å². The monoisotopic (exact) mass is 206 g/mol. The van der Waals surface area contributed by atoms with Crippen molar-refractivity contribution < 1.29 is 9.52 Å². The van der Waals surface area contributed by atoms with Crippen molar-refractivity contribution in [2.45, 2.75) is 19.4 Å². The molecule has 4 heteroatoms. The second-order valence-corrected chi connectivity index (χ2v) is 4.01. The fourth-order valence-electron chi connectivity index (χ4n) is 1.34. The summed E-state index contributed by atoms with van der Waals surface area (Å²) < 4.78 is 5.44. The van der Waals surface area contributed by atoms with Gasteiger partial charge in [-0.15, -0.1) is 0 Å². The summed E-state index contributed by atoms with van der Waals surface area (Å²) in [6.45, 7) is 3.30. The Balaban J connectivity index is 2.56. The van der Waals surface area contributed by atoms with E-state index in [0.29, 0.717) is 11.5 Å². The van der Waals surface area contributed by atoms with Gasteiger partial charge in [-0.05, 0) is 32.0 Å². The van der Waals surface area contributed by atoms with Crippen molar-refractivity contribution in [1.82, 2.24) is 4.98 Å². The van der Waals surface area contributed by atoms with Crippen LogP contribution in [0.1, 0.15) is 19.7 Å². The Morgan fingerprint density at radius 3 is 2.73 bits per heavy atom. The number of hydrogen-bond acceptors (Lipinski definition) is 4. The molecule has 1 heterocycles. The van der Waals surface area contributed by atoms with E-state index in [1.54, 1.807) is 13.8 Å². The minimum absolute atomic E-state index is 0.339. The first kappa shape index (κ1) is 9.98. The molecular weight excluding hydrogens is 192 g/mol. The van der Waals surface area contributed by atoms with Crippen LogP contribution in [0, 0.1) is 0 Å². The molecule has 0 saturated heterocycles. The van der Waals surface area contributed by atoms with Gasteiger partial charge in [0.15, 0.2) is 5.58 Å². The Morgan fingerprint density at radius 2 is 2.13 bits per heavy atom. The topological polar surface area (TPSA) is 58.3 Å². The molecular formula is C11H14N2O2. The number of oxazole rings is 1. The summed E-state index contributed by atoms with van der Waals surface area (Å²) in [4.78, 5) is 4.24. The summed E-state index contributed by atoms with van der Waals surface area (Å²) in [5, 5.41) is 12.8. The van der Waals surface area contributed by atoms with E-state index >= 15 is 0 Å². The van der Waals surface area contributed by atoms with Gasteiger partial charge < -0.3 is 14.8 Å². The predicted octanol–water partition coefficient (Wildman–Crippen LogP) is 2.10. The Labute approximate surface area is 87.9 Å². The largest absolute Gasteiger partial charge is 0.438 e. The molecule has 1 aromatic carbocycles. The second-order valence-electron chi connectivity index (χ2n) is 4.01. The molecule has 80 valence electrons. The normalized spacial score (nSPS) is 12.0. The van der Waals surface area contributed by atoms with Gasteiger partial charge in [0, 0.05) is 12.7 Å². The van der Waals surface area contributed by atoms with Gasteiger partial charge in [0.25, 0.3) is 0 Å². The van der Waals surface area contributed by atoms with E-state index in [9.17, 15) is 5.11 Å². The summed E-state index contributed by atoms with van der Waals surface area (Å²) in [5.41, 5.74) is 1.36. The zero-order chi connectivity index (χ0) is 11.1. The maximum atomic E-state index is 9.74. The summed E-state index contributed by atoms with van der Waals surface area (Å²) in [7, 11) is 1.85. The van der Waals surface area contributed by atoms with Crippen LogP contribution in [0.3, 0.4) is 0 Å². The SMILES string of the molecule is CNc1ccc2oc(C(C)(C)O)nc2c1. The van der Waals surface area contributed by atoms with Gasteiger partial charge in [0.05, 0.1) is 0 Å². The van der Waals surface area contributed by atoms with E-state index in [2.05, 4.69) is 10.3 Å². The average molecular weight is 206 g/mol. The molecule has 0 aliphatic rings. The molecule has 0 amide bonds. The first-order valence-corrected chi connectivity index (χ1v) is 4.82. The van der Waals surface area contributed by atoms with Crippen molar-refractivity contribution in [1.29, 1.82) is 0 Å². The van der Waals surface area contributed by atoms with Crippen LogP contribution in [0.15, 0.2) is 22.6 Å². The highest BCUT2D eigenvalue weighted by atomic mass is 16.4. The molecule has 15 heavy (non-hydrogen) atoms. The van der Waals surface area contributed by atoms with Gasteiger partial charge in [0.2, 0.25) is 5.89 Å². The maximum Gasteiger partial charge on any atom is 0.226 e. The first-order valence-electron chi connectivity index (χ1n) is 4.82. The molecule has 0 spiro atoms. The summed E-state index contributed by atoms with van der Waals surface area (Å²) in [6.07, 6.45) is 0. The quantitative estimate of drug-likeness (QED) is 0.790. The van der Waals surface area contributed by atoms with E-state index in [0.717, 1.165) is 11.2 Å². The molecule has 2 N–H and O–H groups in total. The van der Waals surface area contributed by atoms with Crippen molar-refractivity contribution in [2.24, 2.45) is 0 Å². The molecule has 0 saturated carbocycles. The molecule has 0 aliphatic heterocycles. The average Bonchev–Trinajstić information content (AvgIpc) is 2.59. The Kier molecular flexibility index (Phi) is 2.16. The lowest BCUT2D eigenvalue weighted by Crippen LogP contribution is -2.15. The van der Waals surface area contributed by atoms with E-state index in [1.165, 1.54) is 0 Å². The fourth-order valence-corrected chi connectivity index (χ4v) is 1.34. The van der Waals surface area contributed by atoms with Gasteiger partial charge >= 0.3 is 0 Å². The van der Waals surface area contributed by atoms with Crippen molar-refractivity contribution in [2.75, 3.05) is 12.4 Å². The number of hydrogen-bond donors (Lipinski definition) is 2. The van der Waals surface area contributed by atoms with Crippen molar-refractivity contribution in [3.8, 4) is 0 Å². The van der Waals surface area contributed by atoms with Gasteiger partial charge in [-0.3, -0.25) is 0 Å². The van der Waals surface area contributed by atoms with Crippen molar-refractivity contribution in [3.05, 3.63) is 24.1 Å². The van der Waals surface area contributed by atoms with E-state index in [-0.39, 0.29) is 0 Å². The van der Waals surface area contributed by atoms with Crippen LogP contribution in [-0.2, 0) is 5.60 Å². The van der Waals surface area contributed by atoms with Gasteiger partial charge in [0.1, 0.15) is 11.1 Å². The smallest absolute Gasteiger partial charge is 0.226 e. The zero-order valence-electron chi connectivity index (χ0n) is 9.03. The van der Waals surface area contributed by atoms with Crippen molar-refractivity contribution >= 4 is 16.8 Å². The number of aliphatic hydroxyl groups is 1. The molecule has 0 unspecified atom stereocenters. The minimum atomic E-state index is -1.04. The Hall–Kier alpha value is -1.55. The molecule has 0 aliphatic carbocycles. The Morgan fingerprint density at radius 1 is 1.40 bits per heavy atom. The van der Waals surface area contributed by atoms with E-state index < -0.39 is 5.60 Å². The molecule has 2 aromatic rings. The molecule has 4 nitrogen and oxygen atoms in total. The number of rotatable bonds is 2. The van der Waals surface area contributed by atoms with Crippen LogP contribution in [0.4, 0.5) is 5.69 Å². The highest BCUT2D eigenvalue weighted by molar-refractivity contribution is 5.77. The lowest BCUT2D eigenvalue weighted by atomic mass is 10.1. The van der Waals surface area contributed by atoms with Crippen LogP contribution in [0.25, 0.3) is 11.1 Å². The number of aromatic nitrogens is 1. The molecule has 1 aromatic heterocycles. The molecule has 2 rings (SSSR count). The van der Waals surface area contributed by atoms with Crippen LogP contribution in [0.2, 0.25) is 0 Å². The van der Waals surface area contributed by atoms with Gasteiger partial charge in [-0.2, -0.15) is 0 Å². The van der Waals surface area contributed by atoms with Crippen LogP contribution >= 0.6 is 0 Å². The highest BCUT2D eigenvalue weighted by Crippen LogP contribution is 2.25. The lowest BCUT2D eigenvalue weighted by Gasteiger charge is -2.10. The fraction of sp³-hybridized carbons (Fsp3) is 0.364. The zero-order valence-corrected chi connectivity index (χ0v) is 9.03. The molecule has 0 fully saturated rings.